The summed E-state index contributed by atoms with van der Waals surface area (Å²) in [5.74, 6) is 0. The van der Waals surface area contributed by atoms with Crippen molar-refractivity contribution >= 4 is 23.4 Å². The summed E-state index contributed by atoms with van der Waals surface area (Å²) >= 11 is 6.26. The van der Waals surface area contributed by atoms with E-state index < -0.39 is 0 Å². The van der Waals surface area contributed by atoms with Crippen LogP contribution in [0.25, 0.3) is 6.08 Å². The van der Waals surface area contributed by atoms with E-state index in [0.717, 1.165) is 31.1 Å². The zero-order valence-electron chi connectivity index (χ0n) is 14.8. The summed E-state index contributed by atoms with van der Waals surface area (Å²) in [6.45, 7) is 9.02. The average molecular weight is 343 g/mol. The molecule has 0 saturated carbocycles. The van der Waals surface area contributed by atoms with Crippen molar-refractivity contribution in [3.63, 3.8) is 0 Å². The number of para-hydroxylation sites is 1. The van der Waals surface area contributed by atoms with E-state index in [1.165, 1.54) is 41.9 Å². The maximum absolute atomic E-state index is 6.26. The number of benzene rings is 1. The van der Waals surface area contributed by atoms with E-state index in [2.05, 4.69) is 60.1 Å². The van der Waals surface area contributed by atoms with E-state index >= 15 is 0 Å². The van der Waals surface area contributed by atoms with Crippen LogP contribution in [0.1, 0.15) is 38.7 Å². The number of allylic oxidation sites excluding steroid dienone is 4. The number of nitrogens with zero attached hydrogens (tertiary/aromatic N) is 2. The number of hydrogen-bond donors (Lipinski definition) is 0. The predicted molar refractivity (Wildman–Crippen MR) is 105 cm³/mol. The second-order valence-corrected chi connectivity index (χ2v) is 6.94. The molecule has 0 N–H and O–H groups in total. The number of rotatable bonds is 7. The van der Waals surface area contributed by atoms with Crippen LogP contribution in [0.15, 0.2) is 52.7 Å². The Morgan fingerprint density at radius 1 is 1.08 bits per heavy atom. The standard InChI is InChI=1S/C21H27ClN2/c1-3-23(4-2)13-7-8-14-24-20-10-6-5-9-17(20)15-18-16-19(22)11-12-21(18)24/h5-6,9-12,15H,3-4,7-8,13-14,16H2,1-2H3. The molecular weight excluding hydrogens is 316 g/mol. The quantitative estimate of drug-likeness (QED) is 0.610. The summed E-state index contributed by atoms with van der Waals surface area (Å²) in [4.78, 5) is 4.98. The normalized spacial score (nSPS) is 16.3. The van der Waals surface area contributed by atoms with Gasteiger partial charge in [0.1, 0.15) is 0 Å². The first-order valence-electron chi connectivity index (χ1n) is 9.09. The molecule has 0 fully saturated rings. The highest BCUT2D eigenvalue weighted by Gasteiger charge is 2.24. The van der Waals surface area contributed by atoms with E-state index in [4.69, 9.17) is 11.6 Å². The maximum atomic E-state index is 6.26. The maximum Gasteiger partial charge on any atom is 0.0484 e. The van der Waals surface area contributed by atoms with E-state index in [1.54, 1.807) is 0 Å². The van der Waals surface area contributed by atoms with Gasteiger partial charge in [-0.1, -0.05) is 43.6 Å². The van der Waals surface area contributed by atoms with Gasteiger partial charge in [-0.3, -0.25) is 0 Å². The highest BCUT2D eigenvalue weighted by Crippen LogP contribution is 2.39. The molecule has 2 nitrogen and oxygen atoms in total. The number of hydrogen-bond acceptors (Lipinski definition) is 2. The number of halogens is 1. The third kappa shape index (κ3) is 3.76. The molecule has 0 unspecified atom stereocenters. The lowest BCUT2D eigenvalue weighted by molar-refractivity contribution is 0.297. The van der Waals surface area contributed by atoms with Crippen LogP contribution in [-0.2, 0) is 0 Å². The highest BCUT2D eigenvalue weighted by molar-refractivity contribution is 6.30. The van der Waals surface area contributed by atoms with Crippen LogP contribution in [0.2, 0.25) is 0 Å². The van der Waals surface area contributed by atoms with Gasteiger partial charge < -0.3 is 9.80 Å². The van der Waals surface area contributed by atoms with Gasteiger partial charge in [-0.2, -0.15) is 0 Å². The molecule has 1 aliphatic carbocycles. The molecule has 0 spiro atoms. The molecule has 1 aromatic carbocycles. The van der Waals surface area contributed by atoms with Crippen molar-refractivity contribution in [1.82, 2.24) is 4.90 Å². The Hall–Kier alpha value is -1.51. The molecule has 1 aromatic rings. The fourth-order valence-electron chi connectivity index (χ4n) is 3.56. The predicted octanol–water partition coefficient (Wildman–Crippen LogP) is 5.42. The lowest BCUT2D eigenvalue weighted by Gasteiger charge is -2.35. The number of anilines is 1. The van der Waals surface area contributed by atoms with Gasteiger partial charge in [0.2, 0.25) is 0 Å². The van der Waals surface area contributed by atoms with Gasteiger partial charge in [-0.05, 0) is 67.9 Å². The fraction of sp³-hybridized carbons (Fsp3) is 0.429. The van der Waals surface area contributed by atoms with Crippen LogP contribution >= 0.6 is 11.6 Å². The van der Waals surface area contributed by atoms with Crippen molar-refractivity contribution in [2.24, 2.45) is 0 Å². The first kappa shape index (κ1) is 17.3. The van der Waals surface area contributed by atoms with Gasteiger partial charge in [0.25, 0.3) is 0 Å². The van der Waals surface area contributed by atoms with Crippen molar-refractivity contribution in [3.05, 3.63) is 58.3 Å². The Balaban J connectivity index is 1.74. The molecule has 1 aliphatic heterocycles. The monoisotopic (exact) mass is 342 g/mol. The molecule has 0 radical (unpaired) electrons. The van der Waals surface area contributed by atoms with Crippen molar-refractivity contribution in [2.45, 2.75) is 33.1 Å². The zero-order chi connectivity index (χ0) is 16.9. The first-order chi connectivity index (χ1) is 11.7. The summed E-state index contributed by atoms with van der Waals surface area (Å²) in [5, 5.41) is 0.922. The van der Waals surface area contributed by atoms with Crippen LogP contribution in [0.3, 0.4) is 0 Å². The molecule has 0 amide bonds. The third-order valence-corrected chi connectivity index (χ3v) is 5.22. The Morgan fingerprint density at radius 3 is 2.67 bits per heavy atom. The summed E-state index contributed by atoms with van der Waals surface area (Å²) in [7, 11) is 0. The van der Waals surface area contributed by atoms with Crippen LogP contribution in [0, 0.1) is 0 Å². The number of fused-ring (bicyclic) bond motifs is 2. The van der Waals surface area contributed by atoms with Crippen molar-refractivity contribution in [1.29, 1.82) is 0 Å². The lowest BCUT2D eigenvalue weighted by Crippen LogP contribution is -2.30. The van der Waals surface area contributed by atoms with Gasteiger partial charge in [0.15, 0.2) is 0 Å². The average Bonchev–Trinajstić information content (AvgIpc) is 2.60. The summed E-state index contributed by atoms with van der Waals surface area (Å²) in [6, 6.07) is 8.68. The van der Waals surface area contributed by atoms with Crippen LogP contribution < -0.4 is 4.90 Å². The molecule has 1 heterocycles. The fourth-order valence-corrected chi connectivity index (χ4v) is 3.76. The summed E-state index contributed by atoms with van der Waals surface area (Å²) in [6.07, 6.45) is 9.81. The van der Waals surface area contributed by atoms with Crippen LogP contribution in [-0.4, -0.2) is 31.1 Å². The molecule has 3 rings (SSSR count). The lowest BCUT2D eigenvalue weighted by atomic mass is 9.94. The molecule has 128 valence electrons. The van der Waals surface area contributed by atoms with Gasteiger partial charge in [0, 0.05) is 29.4 Å². The molecule has 0 aromatic heterocycles. The molecule has 0 bridgehead atoms. The van der Waals surface area contributed by atoms with Gasteiger partial charge in [0.05, 0.1) is 0 Å². The van der Waals surface area contributed by atoms with Gasteiger partial charge in [-0.25, -0.2) is 0 Å². The molecule has 0 saturated heterocycles. The van der Waals surface area contributed by atoms with E-state index in [1.807, 2.05) is 6.08 Å². The van der Waals surface area contributed by atoms with Crippen molar-refractivity contribution in [3.8, 4) is 0 Å². The van der Waals surface area contributed by atoms with Gasteiger partial charge >= 0.3 is 0 Å². The van der Waals surface area contributed by atoms with Gasteiger partial charge in [-0.15, -0.1) is 0 Å². The van der Waals surface area contributed by atoms with Crippen molar-refractivity contribution < 1.29 is 0 Å². The first-order valence-corrected chi connectivity index (χ1v) is 9.47. The third-order valence-electron chi connectivity index (χ3n) is 4.96. The Kier molecular flexibility index (Phi) is 5.80. The highest BCUT2D eigenvalue weighted by atomic mass is 35.5. The Labute approximate surface area is 151 Å². The number of unbranched alkanes of at least 4 members (excludes halogenated alkanes) is 1. The molecular formula is C21H27ClN2. The van der Waals surface area contributed by atoms with E-state index in [9.17, 15) is 0 Å². The second-order valence-electron chi connectivity index (χ2n) is 6.46. The van der Waals surface area contributed by atoms with E-state index in [-0.39, 0.29) is 0 Å². The van der Waals surface area contributed by atoms with Crippen molar-refractivity contribution in [2.75, 3.05) is 31.1 Å². The minimum Gasteiger partial charge on any atom is -0.341 e. The summed E-state index contributed by atoms with van der Waals surface area (Å²) < 4.78 is 0. The Bertz CT molecular complexity index is 668. The van der Waals surface area contributed by atoms with Crippen LogP contribution in [0.4, 0.5) is 5.69 Å². The van der Waals surface area contributed by atoms with E-state index in [0.29, 0.717) is 0 Å². The molecule has 24 heavy (non-hydrogen) atoms. The molecule has 0 atom stereocenters. The topological polar surface area (TPSA) is 6.48 Å². The molecule has 2 aliphatic rings. The SMILES string of the molecule is CCN(CC)CCCCN1C2=CC=C(Cl)CC2=Cc2ccccc21. The largest absolute Gasteiger partial charge is 0.341 e. The zero-order valence-corrected chi connectivity index (χ0v) is 15.5. The summed E-state index contributed by atoms with van der Waals surface area (Å²) in [5.41, 5.74) is 5.28. The minimum atomic E-state index is 0.845. The minimum absolute atomic E-state index is 0.845. The smallest absolute Gasteiger partial charge is 0.0484 e. The second kappa shape index (κ2) is 8.04. The Morgan fingerprint density at radius 2 is 1.88 bits per heavy atom. The molecule has 3 heteroatoms. The van der Waals surface area contributed by atoms with Crippen LogP contribution in [0.5, 0.6) is 0 Å².